The average molecular weight is 343 g/mol. The van der Waals surface area contributed by atoms with E-state index in [1.54, 1.807) is 0 Å². The molecule has 2 heterocycles. The third-order valence-corrected chi connectivity index (χ3v) is 5.13. The molecule has 0 spiro atoms. The number of urea groups is 1. The highest BCUT2D eigenvalue weighted by Crippen LogP contribution is 2.21. The van der Waals surface area contributed by atoms with Crippen LogP contribution in [0.5, 0.6) is 5.75 Å². The van der Waals surface area contributed by atoms with Crippen LogP contribution in [0.4, 0.5) is 10.5 Å². The van der Waals surface area contributed by atoms with Gasteiger partial charge in [-0.25, -0.2) is 4.79 Å². The second-order valence-electron chi connectivity index (χ2n) is 6.93. The van der Waals surface area contributed by atoms with E-state index in [-0.39, 0.29) is 12.1 Å². The topological polar surface area (TPSA) is 44.8 Å². The fraction of sp³-hybridized carbons (Fsp3) is 0.550. The van der Waals surface area contributed by atoms with Gasteiger partial charge in [0.15, 0.2) is 0 Å². The summed E-state index contributed by atoms with van der Waals surface area (Å²) in [6.45, 7) is 7.91. The third kappa shape index (κ3) is 4.75. The van der Waals surface area contributed by atoms with E-state index >= 15 is 0 Å². The van der Waals surface area contributed by atoms with Crippen LogP contribution in [0.2, 0.25) is 0 Å². The standard InChI is InChI=1S/C20H29N3O2/c1-3-16(2)25-19-8-6-17(7-9-19)21-20(24)23-14-10-18(11-15-23)22-12-4-5-13-22/h4-9,16,18H,3,10-15H2,1-2H3,(H,21,24). The number of hydrogen-bond donors (Lipinski definition) is 1. The Morgan fingerprint density at radius 3 is 2.44 bits per heavy atom. The summed E-state index contributed by atoms with van der Waals surface area (Å²) >= 11 is 0. The van der Waals surface area contributed by atoms with E-state index < -0.39 is 0 Å². The summed E-state index contributed by atoms with van der Waals surface area (Å²) in [5, 5.41) is 3.00. The van der Waals surface area contributed by atoms with Gasteiger partial charge in [0.1, 0.15) is 5.75 Å². The van der Waals surface area contributed by atoms with Crippen molar-refractivity contribution in [2.24, 2.45) is 0 Å². The van der Waals surface area contributed by atoms with E-state index in [1.807, 2.05) is 29.2 Å². The van der Waals surface area contributed by atoms with Gasteiger partial charge >= 0.3 is 6.03 Å². The van der Waals surface area contributed by atoms with Crippen LogP contribution >= 0.6 is 0 Å². The van der Waals surface area contributed by atoms with Gasteiger partial charge in [-0.1, -0.05) is 19.1 Å². The molecule has 136 valence electrons. The van der Waals surface area contributed by atoms with Gasteiger partial charge in [-0.15, -0.1) is 0 Å². The number of amides is 2. The van der Waals surface area contributed by atoms with Crippen molar-refractivity contribution in [3.8, 4) is 5.75 Å². The van der Waals surface area contributed by atoms with E-state index in [4.69, 9.17) is 4.74 Å². The van der Waals surface area contributed by atoms with Crippen molar-refractivity contribution in [1.29, 1.82) is 0 Å². The van der Waals surface area contributed by atoms with Gasteiger partial charge in [-0.05, 0) is 50.5 Å². The number of hydrogen-bond acceptors (Lipinski definition) is 3. The highest BCUT2D eigenvalue weighted by atomic mass is 16.5. The van der Waals surface area contributed by atoms with Crippen LogP contribution in [-0.2, 0) is 0 Å². The lowest BCUT2D eigenvalue weighted by Gasteiger charge is -2.36. The summed E-state index contributed by atoms with van der Waals surface area (Å²) in [7, 11) is 0. The molecule has 5 heteroatoms. The van der Waals surface area contributed by atoms with Crippen molar-refractivity contribution in [1.82, 2.24) is 9.80 Å². The van der Waals surface area contributed by atoms with Gasteiger partial charge in [-0.2, -0.15) is 0 Å². The van der Waals surface area contributed by atoms with Crippen LogP contribution < -0.4 is 10.1 Å². The zero-order chi connectivity index (χ0) is 17.6. The number of piperidine rings is 1. The molecule has 0 aliphatic carbocycles. The van der Waals surface area contributed by atoms with Crippen molar-refractivity contribution in [2.45, 2.75) is 45.3 Å². The lowest BCUT2D eigenvalue weighted by Crippen LogP contribution is -2.47. The van der Waals surface area contributed by atoms with E-state index in [9.17, 15) is 4.79 Å². The van der Waals surface area contributed by atoms with Gasteiger partial charge < -0.3 is 15.0 Å². The molecule has 25 heavy (non-hydrogen) atoms. The van der Waals surface area contributed by atoms with Crippen LogP contribution in [0.25, 0.3) is 0 Å². The Hall–Kier alpha value is -2.01. The van der Waals surface area contributed by atoms with Crippen molar-refractivity contribution in [3.63, 3.8) is 0 Å². The minimum Gasteiger partial charge on any atom is -0.491 e. The molecule has 3 rings (SSSR count). The van der Waals surface area contributed by atoms with Gasteiger partial charge in [0.2, 0.25) is 0 Å². The summed E-state index contributed by atoms with van der Waals surface area (Å²) in [5.74, 6) is 0.840. The number of ether oxygens (including phenoxy) is 1. The lowest BCUT2D eigenvalue weighted by molar-refractivity contribution is 0.144. The van der Waals surface area contributed by atoms with Crippen molar-refractivity contribution in [3.05, 3.63) is 36.4 Å². The summed E-state index contributed by atoms with van der Waals surface area (Å²) in [4.78, 5) is 16.9. The molecule has 2 amide bonds. The summed E-state index contributed by atoms with van der Waals surface area (Å²) in [5.41, 5.74) is 0.812. The maximum Gasteiger partial charge on any atom is 0.321 e. The normalized spacial score (nSPS) is 19.8. The largest absolute Gasteiger partial charge is 0.491 e. The van der Waals surface area contributed by atoms with E-state index in [2.05, 4.69) is 36.2 Å². The monoisotopic (exact) mass is 343 g/mol. The second-order valence-corrected chi connectivity index (χ2v) is 6.93. The van der Waals surface area contributed by atoms with Gasteiger partial charge in [-0.3, -0.25) is 4.90 Å². The van der Waals surface area contributed by atoms with Gasteiger partial charge in [0.05, 0.1) is 6.10 Å². The molecule has 1 atom stereocenters. The first-order chi connectivity index (χ1) is 12.2. The van der Waals surface area contributed by atoms with E-state index in [0.717, 1.165) is 56.9 Å². The number of carbonyl (C=O) groups excluding carboxylic acids is 1. The Bertz CT molecular complexity index is 583. The Balaban J connectivity index is 1.46. The second kappa shape index (κ2) is 8.39. The molecule has 0 bridgehead atoms. The van der Waals surface area contributed by atoms with Crippen molar-refractivity contribution in [2.75, 3.05) is 31.5 Å². The first-order valence-corrected chi connectivity index (χ1v) is 9.37. The predicted molar refractivity (Wildman–Crippen MR) is 101 cm³/mol. The molecule has 5 nitrogen and oxygen atoms in total. The number of benzene rings is 1. The number of nitrogens with one attached hydrogen (secondary N) is 1. The Morgan fingerprint density at radius 1 is 1.20 bits per heavy atom. The molecule has 1 aromatic carbocycles. The lowest BCUT2D eigenvalue weighted by atomic mass is 10.0. The molecule has 1 fully saturated rings. The maximum absolute atomic E-state index is 12.5. The zero-order valence-electron chi connectivity index (χ0n) is 15.3. The quantitative estimate of drug-likeness (QED) is 0.829. The maximum atomic E-state index is 12.5. The molecule has 0 saturated carbocycles. The number of anilines is 1. The minimum absolute atomic E-state index is 0.00593. The van der Waals surface area contributed by atoms with Crippen LogP contribution in [0.3, 0.4) is 0 Å². The number of likely N-dealkylation sites (tertiary alicyclic amines) is 1. The molecular weight excluding hydrogens is 314 g/mol. The SMILES string of the molecule is CCC(C)Oc1ccc(NC(=O)N2CCC(N3CC=CC3)CC2)cc1. The fourth-order valence-electron chi connectivity index (χ4n) is 3.36. The van der Waals surface area contributed by atoms with Crippen LogP contribution in [0.15, 0.2) is 36.4 Å². The Kier molecular flexibility index (Phi) is 5.97. The molecule has 1 N–H and O–H groups in total. The van der Waals surface area contributed by atoms with Crippen molar-refractivity contribution < 1.29 is 9.53 Å². The summed E-state index contributed by atoms with van der Waals surface area (Å²) < 4.78 is 5.77. The molecule has 0 radical (unpaired) electrons. The smallest absolute Gasteiger partial charge is 0.321 e. The highest BCUT2D eigenvalue weighted by Gasteiger charge is 2.27. The molecule has 1 aromatic rings. The molecule has 1 saturated heterocycles. The molecule has 2 aliphatic heterocycles. The van der Waals surface area contributed by atoms with Crippen LogP contribution in [0, 0.1) is 0 Å². The van der Waals surface area contributed by atoms with Crippen molar-refractivity contribution >= 4 is 11.7 Å². The van der Waals surface area contributed by atoms with E-state index in [0.29, 0.717) is 6.04 Å². The number of rotatable bonds is 5. The average Bonchev–Trinajstić information content (AvgIpc) is 3.18. The molecule has 1 unspecified atom stereocenters. The van der Waals surface area contributed by atoms with E-state index in [1.165, 1.54) is 0 Å². The zero-order valence-corrected chi connectivity index (χ0v) is 15.3. The summed E-state index contributed by atoms with van der Waals surface area (Å²) in [6, 6.07) is 8.23. The molecular formula is C20H29N3O2. The van der Waals surface area contributed by atoms with Crippen LogP contribution in [-0.4, -0.2) is 54.2 Å². The van der Waals surface area contributed by atoms with Crippen LogP contribution in [0.1, 0.15) is 33.1 Å². The molecule has 2 aliphatic rings. The van der Waals surface area contributed by atoms with Gasteiger partial charge in [0.25, 0.3) is 0 Å². The minimum atomic E-state index is -0.00593. The van der Waals surface area contributed by atoms with Gasteiger partial charge in [0, 0.05) is 37.9 Å². The number of nitrogens with zero attached hydrogens (tertiary/aromatic N) is 2. The fourth-order valence-corrected chi connectivity index (χ4v) is 3.36. The Morgan fingerprint density at radius 2 is 1.84 bits per heavy atom. The summed E-state index contributed by atoms with van der Waals surface area (Å²) in [6.07, 6.45) is 7.74. The molecule has 0 aromatic heterocycles. The third-order valence-electron chi connectivity index (χ3n) is 5.13. The number of carbonyl (C=O) groups is 1. The first-order valence-electron chi connectivity index (χ1n) is 9.37. The first kappa shape index (κ1) is 17.8. The predicted octanol–water partition coefficient (Wildman–Crippen LogP) is 3.73. The Labute approximate surface area is 150 Å². The highest BCUT2D eigenvalue weighted by molar-refractivity contribution is 5.89.